The number of benzene rings is 1. The van der Waals surface area contributed by atoms with E-state index in [2.05, 4.69) is 27.9 Å². The second-order valence-corrected chi connectivity index (χ2v) is 5.81. The number of esters is 1. The molecule has 0 radical (unpaired) electrons. The fourth-order valence-electron chi connectivity index (χ4n) is 1.53. The third-order valence-corrected chi connectivity index (χ3v) is 3.48. The van der Waals surface area contributed by atoms with Crippen LogP contribution in [0.5, 0.6) is 0 Å². The van der Waals surface area contributed by atoms with Gasteiger partial charge in [0.2, 0.25) is 0 Å². The van der Waals surface area contributed by atoms with E-state index in [0.29, 0.717) is 5.69 Å². The van der Waals surface area contributed by atoms with Gasteiger partial charge in [-0.3, -0.25) is 4.79 Å². The smallest absolute Gasteiger partial charge is 0.341 e. The summed E-state index contributed by atoms with van der Waals surface area (Å²) < 4.78 is 6.01. The molecule has 1 aromatic carbocycles. The second-order valence-electron chi connectivity index (χ2n) is 4.56. The minimum atomic E-state index is -0.814. The Kier molecular flexibility index (Phi) is 4.28. The predicted molar refractivity (Wildman–Crippen MR) is 79.6 cm³/mol. The summed E-state index contributed by atoms with van der Waals surface area (Å²) in [4.78, 5) is 23.6. The van der Waals surface area contributed by atoms with Crippen LogP contribution in [0.1, 0.15) is 30.1 Å². The summed E-state index contributed by atoms with van der Waals surface area (Å²) in [7, 11) is 0. The Hall–Kier alpha value is -1.31. The van der Waals surface area contributed by atoms with Crippen molar-refractivity contribution >= 4 is 40.2 Å². The number of ether oxygens (including phenoxy) is 1. The Balaban J connectivity index is 1.99. The second kappa shape index (κ2) is 5.77. The summed E-state index contributed by atoms with van der Waals surface area (Å²) in [5, 5.41) is 2.79. The first-order chi connectivity index (χ1) is 8.97. The van der Waals surface area contributed by atoms with Crippen molar-refractivity contribution in [2.75, 3.05) is 5.73 Å². The highest BCUT2D eigenvalue weighted by atomic mass is 127. The molecule has 1 amide bonds. The van der Waals surface area contributed by atoms with Gasteiger partial charge in [-0.1, -0.05) is 0 Å². The van der Waals surface area contributed by atoms with Crippen LogP contribution in [0.25, 0.3) is 0 Å². The van der Waals surface area contributed by atoms with E-state index in [0.717, 1.165) is 16.4 Å². The van der Waals surface area contributed by atoms with Crippen LogP contribution in [0, 0.1) is 3.57 Å². The van der Waals surface area contributed by atoms with E-state index in [1.807, 2.05) is 0 Å². The molecule has 0 unspecified atom stereocenters. The zero-order chi connectivity index (χ0) is 14.0. The van der Waals surface area contributed by atoms with Crippen molar-refractivity contribution in [3.8, 4) is 0 Å². The lowest BCUT2D eigenvalue weighted by molar-refractivity contribution is -0.129. The molecule has 0 aromatic heterocycles. The lowest BCUT2D eigenvalue weighted by Gasteiger charge is -2.14. The SMILES string of the molecule is C[C@@H](OC(=O)c1cc(I)ccc1N)C(=O)NC1CC1. The highest BCUT2D eigenvalue weighted by molar-refractivity contribution is 14.1. The number of nitrogens with two attached hydrogens (primary N) is 1. The van der Waals surface area contributed by atoms with Crippen molar-refractivity contribution < 1.29 is 14.3 Å². The van der Waals surface area contributed by atoms with Gasteiger partial charge in [-0.25, -0.2) is 4.79 Å². The Morgan fingerprint density at radius 1 is 1.47 bits per heavy atom. The van der Waals surface area contributed by atoms with Crippen LogP contribution in [0.4, 0.5) is 5.69 Å². The van der Waals surface area contributed by atoms with Gasteiger partial charge in [-0.2, -0.15) is 0 Å². The molecule has 0 bridgehead atoms. The number of carbonyl (C=O) groups excluding carboxylic acids is 2. The quantitative estimate of drug-likeness (QED) is 0.478. The van der Waals surface area contributed by atoms with Crippen LogP contribution < -0.4 is 11.1 Å². The molecule has 0 heterocycles. The number of anilines is 1. The molecular weight excluding hydrogens is 359 g/mol. The van der Waals surface area contributed by atoms with Gasteiger partial charge in [0.15, 0.2) is 6.10 Å². The van der Waals surface area contributed by atoms with Gasteiger partial charge in [0.05, 0.1) is 5.56 Å². The molecule has 1 aliphatic rings. The molecule has 3 N–H and O–H groups in total. The molecule has 2 rings (SSSR count). The molecule has 0 aliphatic heterocycles. The number of rotatable bonds is 4. The summed E-state index contributed by atoms with van der Waals surface area (Å²) in [6.07, 6.45) is 1.18. The molecule has 1 atom stereocenters. The molecule has 0 saturated heterocycles. The average molecular weight is 374 g/mol. The number of amides is 1. The summed E-state index contributed by atoms with van der Waals surface area (Å²) in [5.41, 5.74) is 6.37. The van der Waals surface area contributed by atoms with Gasteiger partial charge in [0, 0.05) is 15.3 Å². The molecule has 102 valence electrons. The maximum Gasteiger partial charge on any atom is 0.341 e. The van der Waals surface area contributed by atoms with Crippen molar-refractivity contribution in [3.63, 3.8) is 0 Å². The van der Waals surface area contributed by atoms with E-state index in [4.69, 9.17) is 10.5 Å². The highest BCUT2D eigenvalue weighted by Gasteiger charge is 2.27. The molecule has 1 fully saturated rings. The summed E-state index contributed by atoms with van der Waals surface area (Å²) >= 11 is 2.08. The summed E-state index contributed by atoms with van der Waals surface area (Å²) in [6, 6.07) is 5.34. The first-order valence-corrected chi connectivity index (χ1v) is 7.11. The van der Waals surface area contributed by atoms with E-state index >= 15 is 0 Å². The minimum Gasteiger partial charge on any atom is -0.449 e. The third-order valence-electron chi connectivity index (χ3n) is 2.81. The lowest BCUT2D eigenvalue weighted by atomic mass is 10.2. The lowest BCUT2D eigenvalue weighted by Crippen LogP contribution is -2.37. The topological polar surface area (TPSA) is 81.4 Å². The van der Waals surface area contributed by atoms with Gasteiger partial charge < -0.3 is 15.8 Å². The molecule has 0 spiro atoms. The van der Waals surface area contributed by atoms with Crippen LogP contribution in [-0.4, -0.2) is 24.0 Å². The van der Waals surface area contributed by atoms with Gasteiger partial charge >= 0.3 is 5.97 Å². The molecule has 1 aromatic rings. The van der Waals surface area contributed by atoms with Gasteiger partial charge in [-0.05, 0) is 60.6 Å². The Morgan fingerprint density at radius 3 is 2.79 bits per heavy atom. The molecule has 6 heteroatoms. The standard InChI is InChI=1S/C13H15IN2O3/c1-7(12(17)16-9-3-4-9)19-13(18)10-6-8(14)2-5-11(10)15/h2,5-7,9H,3-4,15H2,1H3,(H,16,17)/t7-/m1/s1. The molecule has 19 heavy (non-hydrogen) atoms. The normalized spacial score (nSPS) is 15.7. The first kappa shape index (κ1) is 14.1. The molecular formula is C13H15IN2O3. The van der Waals surface area contributed by atoms with Crippen molar-refractivity contribution in [1.82, 2.24) is 5.32 Å². The molecule has 1 aliphatic carbocycles. The number of nitrogens with one attached hydrogen (secondary N) is 1. The fourth-order valence-corrected chi connectivity index (χ4v) is 2.02. The largest absolute Gasteiger partial charge is 0.449 e. The number of hydrogen-bond acceptors (Lipinski definition) is 4. The summed E-state index contributed by atoms with van der Waals surface area (Å²) in [6.45, 7) is 1.56. The van der Waals surface area contributed by atoms with Gasteiger partial charge in [-0.15, -0.1) is 0 Å². The van der Waals surface area contributed by atoms with Crippen LogP contribution in [-0.2, 0) is 9.53 Å². The fraction of sp³-hybridized carbons (Fsp3) is 0.385. The average Bonchev–Trinajstić information content (AvgIpc) is 3.15. The van der Waals surface area contributed by atoms with Crippen molar-refractivity contribution in [3.05, 3.63) is 27.3 Å². The first-order valence-electron chi connectivity index (χ1n) is 6.03. The van der Waals surface area contributed by atoms with E-state index in [1.165, 1.54) is 0 Å². The third kappa shape index (κ3) is 3.82. The van der Waals surface area contributed by atoms with Crippen LogP contribution in [0.2, 0.25) is 0 Å². The number of hydrogen-bond donors (Lipinski definition) is 2. The number of halogens is 1. The zero-order valence-electron chi connectivity index (χ0n) is 10.5. The number of carbonyl (C=O) groups is 2. The van der Waals surface area contributed by atoms with Crippen molar-refractivity contribution in [2.45, 2.75) is 31.9 Å². The summed E-state index contributed by atoms with van der Waals surface area (Å²) in [5.74, 6) is -0.838. The molecule has 1 saturated carbocycles. The van der Waals surface area contributed by atoms with Crippen LogP contribution in [0.15, 0.2) is 18.2 Å². The number of nitrogen functional groups attached to an aromatic ring is 1. The maximum atomic E-state index is 11.9. The van der Waals surface area contributed by atoms with Crippen LogP contribution in [0.3, 0.4) is 0 Å². The maximum absolute atomic E-state index is 11.9. The minimum absolute atomic E-state index is 0.247. The Bertz CT molecular complexity index is 515. The molecule has 5 nitrogen and oxygen atoms in total. The Morgan fingerprint density at radius 2 is 2.16 bits per heavy atom. The van der Waals surface area contributed by atoms with Crippen molar-refractivity contribution in [1.29, 1.82) is 0 Å². The van der Waals surface area contributed by atoms with E-state index in [-0.39, 0.29) is 17.5 Å². The van der Waals surface area contributed by atoms with Gasteiger partial charge in [0.1, 0.15) is 0 Å². The van der Waals surface area contributed by atoms with E-state index in [9.17, 15) is 9.59 Å². The van der Waals surface area contributed by atoms with E-state index < -0.39 is 12.1 Å². The zero-order valence-corrected chi connectivity index (χ0v) is 12.6. The highest BCUT2D eigenvalue weighted by Crippen LogP contribution is 2.20. The Labute approximate surface area is 125 Å². The monoisotopic (exact) mass is 374 g/mol. The van der Waals surface area contributed by atoms with Crippen LogP contribution >= 0.6 is 22.6 Å². The van der Waals surface area contributed by atoms with Gasteiger partial charge in [0.25, 0.3) is 5.91 Å². The van der Waals surface area contributed by atoms with Crippen molar-refractivity contribution in [2.24, 2.45) is 0 Å². The van der Waals surface area contributed by atoms with E-state index in [1.54, 1.807) is 25.1 Å². The predicted octanol–water partition coefficient (Wildman–Crippen LogP) is 1.70.